The molecule has 2 aromatic carbocycles. The van der Waals surface area contributed by atoms with Gasteiger partial charge < -0.3 is 14.8 Å². The molecule has 0 fully saturated rings. The summed E-state index contributed by atoms with van der Waals surface area (Å²) in [5.74, 6) is 0.604. The molecular formula is C19H20ClNO4. The number of hydrogen-bond acceptors (Lipinski definition) is 4. The maximum Gasteiger partial charge on any atom is 0.258 e. The standard InChI is InChI=1S/C19H20ClNO4/c1-2-9-24-16-8-7-15(12-22)18(10-16)25-13-19(23)21-11-14-5-3-4-6-17(14)20/h3-8,10,12H,2,9,11,13H2,1H3,(H,21,23). The average molecular weight is 362 g/mol. The summed E-state index contributed by atoms with van der Waals surface area (Å²) in [7, 11) is 0. The highest BCUT2D eigenvalue weighted by Crippen LogP contribution is 2.24. The van der Waals surface area contributed by atoms with Crippen molar-refractivity contribution in [3.63, 3.8) is 0 Å². The van der Waals surface area contributed by atoms with Gasteiger partial charge in [0.05, 0.1) is 12.2 Å². The Morgan fingerprint density at radius 1 is 1.20 bits per heavy atom. The van der Waals surface area contributed by atoms with E-state index in [4.69, 9.17) is 21.1 Å². The minimum atomic E-state index is -0.309. The molecule has 0 saturated carbocycles. The molecule has 1 N–H and O–H groups in total. The Hall–Kier alpha value is -2.53. The number of nitrogens with one attached hydrogen (secondary N) is 1. The van der Waals surface area contributed by atoms with Gasteiger partial charge in [-0.15, -0.1) is 0 Å². The number of halogens is 1. The third kappa shape index (κ3) is 5.80. The van der Waals surface area contributed by atoms with E-state index in [1.165, 1.54) is 0 Å². The van der Waals surface area contributed by atoms with Gasteiger partial charge >= 0.3 is 0 Å². The Morgan fingerprint density at radius 3 is 2.72 bits per heavy atom. The van der Waals surface area contributed by atoms with Crippen molar-refractivity contribution in [2.24, 2.45) is 0 Å². The predicted octanol–water partition coefficient (Wildman–Crippen LogP) is 3.64. The second kappa shape index (κ2) is 9.69. The van der Waals surface area contributed by atoms with Gasteiger partial charge in [-0.25, -0.2) is 0 Å². The number of carbonyl (C=O) groups excluding carboxylic acids is 2. The van der Waals surface area contributed by atoms with E-state index in [-0.39, 0.29) is 12.5 Å². The summed E-state index contributed by atoms with van der Waals surface area (Å²) < 4.78 is 11.0. The topological polar surface area (TPSA) is 64.6 Å². The molecule has 2 rings (SSSR count). The number of hydrogen-bond donors (Lipinski definition) is 1. The Kier molecular flexibility index (Phi) is 7.29. The van der Waals surface area contributed by atoms with Crippen molar-refractivity contribution in [3.8, 4) is 11.5 Å². The molecule has 2 aromatic rings. The van der Waals surface area contributed by atoms with Crippen LogP contribution < -0.4 is 14.8 Å². The molecule has 0 unspecified atom stereocenters. The maximum absolute atomic E-state index is 12.0. The van der Waals surface area contributed by atoms with Gasteiger partial charge in [-0.3, -0.25) is 9.59 Å². The first kappa shape index (κ1) is 18.8. The molecule has 0 radical (unpaired) electrons. The molecule has 0 spiro atoms. The Balaban J connectivity index is 1.92. The van der Waals surface area contributed by atoms with Crippen LogP contribution in [0.1, 0.15) is 29.3 Å². The molecule has 0 atom stereocenters. The van der Waals surface area contributed by atoms with Gasteiger partial charge in [0.25, 0.3) is 5.91 Å². The quantitative estimate of drug-likeness (QED) is 0.692. The fraction of sp³-hybridized carbons (Fsp3) is 0.263. The van der Waals surface area contributed by atoms with Crippen LogP contribution in [0.4, 0.5) is 0 Å². The molecule has 0 heterocycles. The van der Waals surface area contributed by atoms with Crippen molar-refractivity contribution in [3.05, 3.63) is 58.6 Å². The summed E-state index contributed by atoms with van der Waals surface area (Å²) in [6, 6.07) is 12.2. The van der Waals surface area contributed by atoms with Crippen LogP contribution in [0.2, 0.25) is 5.02 Å². The zero-order valence-corrected chi connectivity index (χ0v) is 14.7. The fourth-order valence-corrected chi connectivity index (χ4v) is 2.28. The Morgan fingerprint density at radius 2 is 2.00 bits per heavy atom. The second-order valence-electron chi connectivity index (χ2n) is 5.32. The highest BCUT2D eigenvalue weighted by molar-refractivity contribution is 6.31. The van der Waals surface area contributed by atoms with Crippen molar-refractivity contribution < 1.29 is 19.1 Å². The van der Waals surface area contributed by atoms with E-state index >= 15 is 0 Å². The summed E-state index contributed by atoms with van der Waals surface area (Å²) in [6.45, 7) is 2.67. The van der Waals surface area contributed by atoms with E-state index < -0.39 is 0 Å². The van der Waals surface area contributed by atoms with Gasteiger partial charge in [-0.2, -0.15) is 0 Å². The van der Waals surface area contributed by atoms with Crippen LogP contribution in [-0.4, -0.2) is 25.4 Å². The van der Waals surface area contributed by atoms with E-state index in [2.05, 4.69) is 5.32 Å². The molecule has 0 aromatic heterocycles. The van der Waals surface area contributed by atoms with Crippen molar-refractivity contribution in [2.75, 3.05) is 13.2 Å². The zero-order valence-electron chi connectivity index (χ0n) is 14.0. The summed E-state index contributed by atoms with van der Waals surface area (Å²) in [5, 5.41) is 3.32. The molecule has 1 amide bonds. The molecule has 0 aliphatic heterocycles. The molecule has 0 aliphatic carbocycles. The van der Waals surface area contributed by atoms with Crippen molar-refractivity contribution in [1.29, 1.82) is 0 Å². The van der Waals surface area contributed by atoms with Gasteiger partial charge in [0.15, 0.2) is 12.9 Å². The molecule has 6 heteroatoms. The first-order valence-corrected chi connectivity index (χ1v) is 8.36. The molecule has 5 nitrogen and oxygen atoms in total. The summed E-state index contributed by atoms with van der Waals surface area (Å²) in [5.41, 5.74) is 1.18. The number of amides is 1. The Labute approximate surface area is 151 Å². The Bertz CT molecular complexity index is 733. The van der Waals surface area contributed by atoms with Crippen molar-refractivity contribution in [1.82, 2.24) is 5.32 Å². The van der Waals surface area contributed by atoms with Gasteiger partial charge in [0, 0.05) is 17.6 Å². The van der Waals surface area contributed by atoms with Gasteiger partial charge in [0.1, 0.15) is 11.5 Å². The molecule has 0 saturated heterocycles. The van der Waals surface area contributed by atoms with Crippen LogP contribution in [0.15, 0.2) is 42.5 Å². The van der Waals surface area contributed by atoms with E-state index in [1.807, 2.05) is 25.1 Å². The van der Waals surface area contributed by atoms with Crippen LogP contribution >= 0.6 is 11.6 Å². The van der Waals surface area contributed by atoms with E-state index in [0.717, 1.165) is 12.0 Å². The number of aldehydes is 1. The maximum atomic E-state index is 12.0. The number of benzene rings is 2. The normalized spacial score (nSPS) is 10.2. The largest absolute Gasteiger partial charge is 0.493 e. The molecule has 132 valence electrons. The molecule has 25 heavy (non-hydrogen) atoms. The summed E-state index contributed by atoms with van der Waals surface area (Å²) in [4.78, 5) is 23.1. The smallest absolute Gasteiger partial charge is 0.258 e. The van der Waals surface area contributed by atoms with Crippen LogP contribution in [0.25, 0.3) is 0 Å². The van der Waals surface area contributed by atoms with E-state index in [0.29, 0.717) is 41.5 Å². The lowest BCUT2D eigenvalue weighted by Gasteiger charge is -2.12. The lowest BCUT2D eigenvalue weighted by Crippen LogP contribution is -2.28. The van der Waals surface area contributed by atoms with E-state index in [1.54, 1.807) is 24.3 Å². The minimum Gasteiger partial charge on any atom is -0.493 e. The lowest BCUT2D eigenvalue weighted by molar-refractivity contribution is -0.123. The SMILES string of the molecule is CCCOc1ccc(C=O)c(OCC(=O)NCc2ccccc2Cl)c1. The van der Waals surface area contributed by atoms with Crippen molar-refractivity contribution >= 4 is 23.8 Å². The molecule has 0 bridgehead atoms. The zero-order chi connectivity index (χ0) is 18.1. The number of carbonyl (C=O) groups is 2. The third-order valence-corrected chi connectivity index (χ3v) is 3.75. The van der Waals surface area contributed by atoms with Gasteiger partial charge in [-0.1, -0.05) is 36.7 Å². The van der Waals surface area contributed by atoms with Crippen LogP contribution in [-0.2, 0) is 11.3 Å². The van der Waals surface area contributed by atoms with Gasteiger partial charge in [0.2, 0.25) is 0 Å². The summed E-state index contributed by atoms with van der Waals surface area (Å²) >= 11 is 6.04. The first-order valence-electron chi connectivity index (χ1n) is 7.99. The van der Waals surface area contributed by atoms with Crippen LogP contribution in [0.3, 0.4) is 0 Å². The summed E-state index contributed by atoms with van der Waals surface area (Å²) in [6.07, 6.45) is 1.55. The lowest BCUT2D eigenvalue weighted by atomic mass is 10.2. The van der Waals surface area contributed by atoms with Crippen LogP contribution in [0.5, 0.6) is 11.5 Å². The molecule has 0 aliphatic rings. The van der Waals surface area contributed by atoms with E-state index in [9.17, 15) is 9.59 Å². The second-order valence-corrected chi connectivity index (χ2v) is 5.73. The fourth-order valence-electron chi connectivity index (χ4n) is 2.08. The van der Waals surface area contributed by atoms with Crippen LogP contribution in [0, 0.1) is 0 Å². The third-order valence-electron chi connectivity index (χ3n) is 3.38. The van der Waals surface area contributed by atoms with Gasteiger partial charge in [-0.05, 0) is 30.2 Å². The predicted molar refractivity (Wildman–Crippen MR) is 96.4 cm³/mol. The highest BCUT2D eigenvalue weighted by Gasteiger charge is 2.09. The first-order chi connectivity index (χ1) is 12.1. The number of ether oxygens (including phenoxy) is 2. The monoisotopic (exact) mass is 361 g/mol. The molecular weight excluding hydrogens is 342 g/mol. The minimum absolute atomic E-state index is 0.206. The highest BCUT2D eigenvalue weighted by atomic mass is 35.5. The van der Waals surface area contributed by atoms with Crippen molar-refractivity contribution in [2.45, 2.75) is 19.9 Å². The number of rotatable bonds is 9. The average Bonchev–Trinajstić information content (AvgIpc) is 2.64.